The maximum absolute atomic E-state index is 14.0. The standard InChI is InChI=1S/C15H23FN2O2S/c1-10(2)17-8-13-6-14(16)11(3)15(7-13)21(19,20)18-9-12-4-5-12/h6-7,10,12,17-18H,4-5,8-9H2,1-3H3. The van der Waals surface area contributed by atoms with E-state index in [4.69, 9.17) is 0 Å². The highest BCUT2D eigenvalue weighted by Gasteiger charge is 2.26. The average molecular weight is 314 g/mol. The van der Waals surface area contributed by atoms with Crippen LogP contribution in [0.4, 0.5) is 4.39 Å². The van der Waals surface area contributed by atoms with Gasteiger partial charge in [0.15, 0.2) is 0 Å². The van der Waals surface area contributed by atoms with Crippen molar-refractivity contribution in [2.24, 2.45) is 5.92 Å². The smallest absolute Gasteiger partial charge is 0.240 e. The van der Waals surface area contributed by atoms with E-state index in [1.54, 1.807) is 6.07 Å². The van der Waals surface area contributed by atoms with Gasteiger partial charge in [-0.05, 0) is 43.4 Å². The second-order valence-corrected chi connectivity index (χ2v) is 7.77. The molecule has 0 saturated heterocycles. The first-order valence-electron chi connectivity index (χ1n) is 7.31. The Morgan fingerprint density at radius 2 is 2.00 bits per heavy atom. The quantitative estimate of drug-likeness (QED) is 0.812. The van der Waals surface area contributed by atoms with Crippen molar-refractivity contribution >= 4 is 10.0 Å². The van der Waals surface area contributed by atoms with E-state index in [2.05, 4.69) is 10.0 Å². The van der Waals surface area contributed by atoms with Gasteiger partial charge in [0.05, 0.1) is 4.90 Å². The Hall–Kier alpha value is -0.980. The van der Waals surface area contributed by atoms with Gasteiger partial charge in [0.25, 0.3) is 0 Å². The molecule has 1 fully saturated rings. The lowest BCUT2D eigenvalue weighted by Gasteiger charge is -2.13. The van der Waals surface area contributed by atoms with Gasteiger partial charge in [0.2, 0.25) is 10.0 Å². The highest BCUT2D eigenvalue weighted by Crippen LogP contribution is 2.28. The van der Waals surface area contributed by atoms with Crippen molar-refractivity contribution in [1.82, 2.24) is 10.0 Å². The third-order valence-corrected chi connectivity index (χ3v) is 5.17. The van der Waals surface area contributed by atoms with Crippen LogP contribution in [0.15, 0.2) is 17.0 Å². The number of sulfonamides is 1. The molecular formula is C15H23FN2O2S. The zero-order valence-electron chi connectivity index (χ0n) is 12.7. The molecule has 0 radical (unpaired) electrons. The topological polar surface area (TPSA) is 58.2 Å². The van der Waals surface area contributed by atoms with E-state index in [1.807, 2.05) is 13.8 Å². The van der Waals surface area contributed by atoms with Crippen LogP contribution < -0.4 is 10.0 Å². The average Bonchev–Trinajstić information content (AvgIpc) is 3.21. The molecule has 1 aliphatic carbocycles. The molecule has 6 heteroatoms. The summed E-state index contributed by atoms with van der Waals surface area (Å²) in [6.07, 6.45) is 2.13. The molecule has 0 heterocycles. The number of rotatable bonds is 7. The molecule has 0 aromatic heterocycles. The van der Waals surface area contributed by atoms with Gasteiger partial charge in [0.1, 0.15) is 5.82 Å². The Balaban J connectivity index is 2.23. The van der Waals surface area contributed by atoms with Crippen molar-refractivity contribution in [3.63, 3.8) is 0 Å². The van der Waals surface area contributed by atoms with Gasteiger partial charge in [-0.2, -0.15) is 0 Å². The van der Waals surface area contributed by atoms with Gasteiger partial charge in [-0.25, -0.2) is 17.5 Å². The van der Waals surface area contributed by atoms with E-state index >= 15 is 0 Å². The predicted octanol–water partition coefficient (Wildman–Crippen LogP) is 2.32. The van der Waals surface area contributed by atoms with Crippen LogP contribution in [0.2, 0.25) is 0 Å². The zero-order chi connectivity index (χ0) is 15.6. The van der Waals surface area contributed by atoms with Gasteiger partial charge in [-0.15, -0.1) is 0 Å². The summed E-state index contributed by atoms with van der Waals surface area (Å²) in [5, 5.41) is 3.17. The minimum absolute atomic E-state index is 0.0451. The van der Waals surface area contributed by atoms with Crippen molar-refractivity contribution in [2.45, 2.75) is 51.1 Å². The Bertz CT molecular complexity index is 610. The Morgan fingerprint density at radius 1 is 1.33 bits per heavy atom. The molecule has 118 valence electrons. The molecule has 1 saturated carbocycles. The third kappa shape index (κ3) is 4.49. The highest BCUT2D eigenvalue weighted by atomic mass is 32.2. The van der Waals surface area contributed by atoms with E-state index in [0.29, 0.717) is 24.6 Å². The summed E-state index contributed by atoms with van der Waals surface area (Å²) in [4.78, 5) is 0.0451. The van der Waals surface area contributed by atoms with E-state index in [-0.39, 0.29) is 16.5 Å². The van der Waals surface area contributed by atoms with Crippen molar-refractivity contribution in [3.05, 3.63) is 29.1 Å². The summed E-state index contributed by atoms with van der Waals surface area (Å²) in [5.74, 6) is -0.0411. The van der Waals surface area contributed by atoms with E-state index in [1.165, 1.54) is 13.0 Å². The van der Waals surface area contributed by atoms with Crippen LogP contribution in [0.5, 0.6) is 0 Å². The second-order valence-electron chi connectivity index (χ2n) is 6.03. The lowest BCUT2D eigenvalue weighted by atomic mass is 10.1. The number of hydrogen-bond acceptors (Lipinski definition) is 3. The molecule has 1 aromatic carbocycles. The lowest BCUT2D eigenvalue weighted by molar-refractivity contribution is 0.564. The number of hydrogen-bond donors (Lipinski definition) is 2. The molecule has 0 atom stereocenters. The van der Waals surface area contributed by atoms with Crippen molar-refractivity contribution in [1.29, 1.82) is 0 Å². The normalized spacial score (nSPS) is 15.7. The summed E-state index contributed by atoms with van der Waals surface area (Å²) in [6.45, 7) is 6.36. The van der Waals surface area contributed by atoms with Crippen molar-refractivity contribution in [2.75, 3.05) is 6.54 Å². The largest absolute Gasteiger partial charge is 0.310 e. The summed E-state index contributed by atoms with van der Waals surface area (Å²) in [7, 11) is -3.65. The van der Waals surface area contributed by atoms with Crippen molar-refractivity contribution < 1.29 is 12.8 Å². The Morgan fingerprint density at radius 3 is 2.57 bits per heavy atom. The fraction of sp³-hybridized carbons (Fsp3) is 0.600. The third-order valence-electron chi connectivity index (χ3n) is 3.62. The van der Waals surface area contributed by atoms with Crippen LogP contribution in [-0.4, -0.2) is 21.0 Å². The first kappa shape index (κ1) is 16.4. The molecule has 0 bridgehead atoms. The van der Waals surface area contributed by atoms with Crippen LogP contribution >= 0.6 is 0 Å². The minimum Gasteiger partial charge on any atom is -0.310 e. The first-order valence-corrected chi connectivity index (χ1v) is 8.80. The molecule has 0 unspecified atom stereocenters. The molecule has 2 N–H and O–H groups in total. The van der Waals surface area contributed by atoms with Gasteiger partial charge in [0, 0.05) is 24.7 Å². The SMILES string of the molecule is Cc1c(F)cc(CNC(C)C)cc1S(=O)(=O)NCC1CC1. The van der Waals surface area contributed by atoms with Crippen LogP contribution in [0.25, 0.3) is 0 Å². The Kier molecular flexibility index (Phi) is 5.01. The molecule has 1 aromatic rings. The molecule has 2 rings (SSSR count). The lowest BCUT2D eigenvalue weighted by Crippen LogP contribution is -2.27. The summed E-state index contributed by atoms with van der Waals surface area (Å²) >= 11 is 0. The molecule has 4 nitrogen and oxygen atoms in total. The summed E-state index contributed by atoms with van der Waals surface area (Å²) < 4.78 is 41.2. The number of nitrogens with one attached hydrogen (secondary N) is 2. The molecule has 0 aliphatic heterocycles. The second kappa shape index (κ2) is 6.42. The number of benzene rings is 1. The van der Waals surface area contributed by atoms with Crippen LogP contribution in [0.3, 0.4) is 0 Å². The van der Waals surface area contributed by atoms with Crippen LogP contribution in [0, 0.1) is 18.7 Å². The zero-order valence-corrected chi connectivity index (χ0v) is 13.6. The van der Waals surface area contributed by atoms with Gasteiger partial charge in [-0.3, -0.25) is 0 Å². The maximum Gasteiger partial charge on any atom is 0.240 e. The summed E-state index contributed by atoms with van der Waals surface area (Å²) in [6, 6.07) is 3.20. The monoisotopic (exact) mass is 314 g/mol. The number of halogens is 1. The van der Waals surface area contributed by atoms with E-state index in [0.717, 1.165) is 12.8 Å². The van der Waals surface area contributed by atoms with Crippen molar-refractivity contribution in [3.8, 4) is 0 Å². The highest BCUT2D eigenvalue weighted by molar-refractivity contribution is 7.89. The Labute approximate surface area is 126 Å². The fourth-order valence-corrected chi connectivity index (χ4v) is 3.46. The molecular weight excluding hydrogens is 291 g/mol. The van der Waals surface area contributed by atoms with Gasteiger partial charge < -0.3 is 5.32 Å². The minimum atomic E-state index is -3.65. The molecule has 21 heavy (non-hydrogen) atoms. The summed E-state index contributed by atoms with van der Waals surface area (Å²) in [5.41, 5.74) is 0.810. The molecule has 1 aliphatic rings. The van der Waals surface area contributed by atoms with Gasteiger partial charge >= 0.3 is 0 Å². The van der Waals surface area contributed by atoms with Crippen LogP contribution in [0.1, 0.15) is 37.8 Å². The predicted molar refractivity (Wildman–Crippen MR) is 81.0 cm³/mol. The first-order chi connectivity index (χ1) is 9.79. The van der Waals surface area contributed by atoms with E-state index in [9.17, 15) is 12.8 Å². The maximum atomic E-state index is 14.0. The molecule has 0 amide bonds. The molecule has 0 spiro atoms. The fourth-order valence-electron chi connectivity index (χ4n) is 2.04. The van der Waals surface area contributed by atoms with Gasteiger partial charge in [-0.1, -0.05) is 13.8 Å². The van der Waals surface area contributed by atoms with E-state index < -0.39 is 15.8 Å². The van der Waals surface area contributed by atoms with Crippen LogP contribution in [-0.2, 0) is 16.6 Å².